The second-order valence-electron chi connectivity index (χ2n) is 5.27. The summed E-state index contributed by atoms with van der Waals surface area (Å²) in [6.07, 6.45) is 5.05. The van der Waals surface area contributed by atoms with E-state index in [-0.39, 0.29) is 11.9 Å². The molecule has 1 aliphatic heterocycles. The first-order valence-corrected chi connectivity index (χ1v) is 7.24. The summed E-state index contributed by atoms with van der Waals surface area (Å²) in [4.78, 5) is 10.3. The Kier molecular flexibility index (Phi) is 4.15. The molecular formula is C16H16FN5. The lowest BCUT2D eigenvalue weighted by atomic mass is 10.0. The molecule has 1 aliphatic rings. The van der Waals surface area contributed by atoms with Crippen LogP contribution in [0.25, 0.3) is 0 Å². The highest BCUT2D eigenvalue weighted by Crippen LogP contribution is 2.22. The molecule has 2 aromatic rings. The second-order valence-corrected chi connectivity index (χ2v) is 5.27. The van der Waals surface area contributed by atoms with Crippen LogP contribution in [0.1, 0.15) is 18.5 Å². The van der Waals surface area contributed by atoms with Gasteiger partial charge < -0.3 is 10.2 Å². The number of piperidine rings is 1. The van der Waals surface area contributed by atoms with E-state index >= 15 is 0 Å². The third-order valence-electron chi connectivity index (χ3n) is 3.74. The van der Waals surface area contributed by atoms with Crippen molar-refractivity contribution >= 4 is 11.5 Å². The summed E-state index contributed by atoms with van der Waals surface area (Å²) in [5, 5.41) is 12.3. The van der Waals surface area contributed by atoms with Gasteiger partial charge in [0.1, 0.15) is 11.9 Å². The number of anilines is 2. The quantitative estimate of drug-likeness (QED) is 0.943. The molecule has 0 saturated carbocycles. The highest BCUT2D eigenvalue weighted by atomic mass is 19.1. The Labute approximate surface area is 128 Å². The smallest absolute Gasteiger partial charge is 0.182 e. The van der Waals surface area contributed by atoms with E-state index in [1.807, 2.05) is 12.1 Å². The number of rotatable bonds is 3. The van der Waals surface area contributed by atoms with Gasteiger partial charge >= 0.3 is 0 Å². The van der Waals surface area contributed by atoms with Crippen LogP contribution in [-0.2, 0) is 0 Å². The fourth-order valence-electron chi connectivity index (χ4n) is 2.72. The van der Waals surface area contributed by atoms with Gasteiger partial charge in [0.05, 0.1) is 0 Å². The van der Waals surface area contributed by atoms with Crippen LogP contribution in [0, 0.1) is 17.1 Å². The Morgan fingerprint density at radius 1 is 1.32 bits per heavy atom. The van der Waals surface area contributed by atoms with Crippen LogP contribution >= 0.6 is 0 Å². The predicted octanol–water partition coefficient (Wildman–Crippen LogP) is 2.57. The molecule has 112 valence electrons. The molecule has 0 unspecified atom stereocenters. The zero-order valence-electron chi connectivity index (χ0n) is 12.0. The van der Waals surface area contributed by atoms with E-state index in [0.29, 0.717) is 11.5 Å². The minimum atomic E-state index is -0.228. The molecule has 6 heteroatoms. The molecular weight excluding hydrogens is 281 g/mol. The Bertz CT molecular complexity index is 697. The lowest BCUT2D eigenvalue weighted by Crippen LogP contribution is -2.42. The standard InChI is InChI=1S/C16H16FN5/c17-12-3-1-5-14(9-12)22-8-2-4-13(11-22)21-16-15(10-18)19-6-7-20-16/h1,3,5-7,9,13H,2,4,8,11H2,(H,20,21)/t13-/m1/s1. The van der Waals surface area contributed by atoms with Crippen molar-refractivity contribution < 1.29 is 4.39 Å². The topological polar surface area (TPSA) is 64.8 Å². The van der Waals surface area contributed by atoms with Crippen molar-refractivity contribution in [2.45, 2.75) is 18.9 Å². The Morgan fingerprint density at radius 3 is 3.00 bits per heavy atom. The summed E-state index contributed by atoms with van der Waals surface area (Å²) in [6, 6.07) is 8.81. The van der Waals surface area contributed by atoms with Gasteiger partial charge in [-0.1, -0.05) is 6.07 Å². The zero-order chi connectivity index (χ0) is 15.4. The van der Waals surface area contributed by atoms with Crippen molar-refractivity contribution in [3.05, 3.63) is 48.2 Å². The molecule has 1 atom stereocenters. The summed E-state index contributed by atoms with van der Waals surface area (Å²) >= 11 is 0. The Morgan fingerprint density at radius 2 is 2.18 bits per heavy atom. The lowest BCUT2D eigenvalue weighted by molar-refractivity contribution is 0.527. The first-order valence-electron chi connectivity index (χ1n) is 7.24. The van der Waals surface area contributed by atoms with Crippen molar-refractivity contribution in [3.8, 4) is 6.07 Å². The van der Waals surface area contributed by atoms with E-state index in [4.69, 9.17) is 5.26 Å². The van der Waals surface area contributed by atoms with Crippen molar-refractivity contribution in [1.29, 1.82) is 5.26 Å². The fraction of sp³-hybridized carbons (Fsp3) is 0.312. The summed E-state index contributed by atoms with van der Waals surface area (Å²) in [5.74, 6) is 0.282. The highest BCUT2D eigenvalue weighted by Gasteiger charge is 2.21. The number of nitrogens with zero attached hydrogens (tertiary/aromatic N) is 4. The molecule has 1 aromatic heterocycles. The van der Waals surface area contributed by atoms with Gasteiger partial charge in [0.15, 0.2) is 11.5 Å². The van der Waals surface area contributed by atoms with Gasteiger partial charge in [0.2, 0.25) is 0 Å². The minimum Gasteiger partial charge on any atom is -0.369 e. The number of nitriles is 1. The molecule has 1 aromatic carbocycles. The number of nitrogens with one attached hydrogen (secondary N) is 1. The van der Waals surface area contributed by atoms with Crippen LogP contribution < -0.4 is 10.2 Å². The molecule has 0 bridgehead atoms. The van der Waals surface area contributed by atoms with E-state index in [9.17, 15) is 4.39 Å². The second kappa shape index (κ2) is 6.39. The zero-order valence-corrected chi connectivity index (χ0v) is 12.0. The number of benzene rings is 1. The maximum absolute atomic E-state index is 13.4. The van der Waals surface area contributed by atoms with E-state index in [1.165, 1.54) is 12.3 Å². The van der Waals surface area contributed by atoms with Gasteiger partial charge in [-0.3, -0.25) is 0 Å². The number of halogens is 1. The molecule has 3 rings (SSSR count). The monoisotopic (exact) mass is 297 g/mol. The van der Waals surface area contributed by atoms with Crippen LogP contribution in [0.15, 0.2) is 36.7 Å². The van der Waals surface area contributed by atoms with Crippen molar-refractivity contribution in [1.82, 2.24) is 9.97 Å². The van der Waals surface area contributed by atoms with Crippen molar-refractivity contribution in [2.24, 2.45) is 0 Å². The van der Waals surface area contributed by atoms with Crippen molar-refractivity contribution in [2.75, 3.05) is 23.3 Å². The van der Waals surface area contributed by atoms with Gasteiger partial charge in [-0.15, -0.1) is 0 Å². The molecule has 1 N–H and O–H groups in total. The summed E-state index contributed by atoms with van der Waals surface area (Å²) in [6.45, 7) is 1.64. The van der Waals surface area contributed by atoms with Gasteiger partial charge in [0.25, 0.3) is 0 Å². The summed E-state index contributed by atoms with van der Waals surface area (Å²) in [7, 11) is 0. The maximum atomic E-state index is 13.4. The fourth-order valence-corrected chi connectivity index (χ4v) is 2.72. The molecule has 1 fully saturated rings. The first kappa shape index (κ1) is 14.3. The average Bonchev–Trinajstić information content (AvgIpc) is 2.56. The van der Waals surface area contributed by atoms with Crippen LogP contribution in [-0.4, -0.2) is 29.1 Å². The first-order chi connectivity index (χ1) is 10.8. The Hall–Kier alpha value is -2.68. The molecule has 1 saturated heterocycles. The largest absolute Gasteiger partial charge is 0.369 e. The molecule has 5 nitrogen and oxygen atoms in total. The molecule has 0 radical (unpaired) electrons. The number of hydrogen-bond acceptors (Lipinski definition) is 5. The normalized spacial score (nSPS) is 17.8. The van der Waals surface area contributed by atoms with Crippen LogP contribution in [0.3, 0.4) is 0 Å². The van der Waals surface area contributed by atoms with Crippen LogP contribution in [0.5, 0.6) is 0 Å². The van der Waals surface area contributed by atoms with Gasteiger partial charge in [-0.25, -0.2) is 14.4 Å². The van der Waals surface area contributed by atoms with E-state index in [2.05, 4.69) is 20.2 Å². The van der Waals surface area contributed by atoms with Gasteiger partial charge in [0, 0.05) is 37.2 Å². The SMILES string of the molecule is N#Cc1nccnc1N[C@@H]1CCCN(c2cccc(F)c2)C1. The molecule has 0 amide bonds. The predicted molar refractivity (Wildman–Crippen MR) is 82.0 cm³/mol. The molecule has 22 heavy (non-hydrogen) atoms. The average molecular weight is 297 g/mol. The van der Waals surface area contributed by atoms with Crippen LogP contribution in [0.4, 0.5) is 15.9 Å². The molecule has 0 aliphatic carbocycles. The number of hydrogen-bond donors (Lipinski definition) is 1. The maximum Gasteiger partial charge on any atom is 0.182 e. The third-order valence-corrected chi connectivity index (χ3v) is 3.74. The van der Waals surface area contributed by atoms with E-state index in [0.717, 1.165) is 31.6 Å². The molecule has 2 heterocycles. The van der Waals surface area contributed by atoms with E-state index < -0.39 is 0 Å². The van der Waals surface area contributed by atoms with Gasteiger partial charge in [-0.05, 0) is 31.0 Å². The summed E-state index contributed by atoms with van der Waals surface area (Å²) < 4.78 is 13.4. The minimum absolute atomic E-state index is 0.154. The number of aromatic nitrogens is 2. The molecule has 0 spiro atoms. The Balaban J connectivity index is 1.72. The third kappa shape index (κ3) is 3.14. The lowest BCUT2D eigenvalue weighted by Gasteiger charge is -2.35. The summed E-state index contributed by atoms with van der Waals surface area (Å²) in [5.41, 5.74) is 1.18. The van der Waals surface area contributed by atoms with Crippen LogP contribution in [0.2, 0.25) is 0 Å². The van der Waals surface area contributed by atoms with E-state index in [1.54, 1.807) is 18.3 Å². The van der Waals surface area contributed by atoms with Gasteiger partial charge in [-0.2, -0.15) is 5.26 Å². The highest BCUT2D eigenvalue weighted by molar-refractivity contribution is 5.50. The van der Waals surface area contributed by atoms with Crippen molar-refractivity contribution in [3.63, 3.8) is 0 Å².